The molecule has 0 aliphatic heterocycles. The van der Waals surface area contributed by atoms with E-state index in [0.29, 0.717) is 28.6 Å². The molecule has 0 fully saturated rings. The normalized spacial score (nSPS) is 12.0. The van der Waals surface area contributed by atoms with Crippen LogP contribution in [0.2, 0.25) is 0 Å². The molecule has 86 heavy (non-hydrogen) atoms. The Morgan fingerprint density at radius 3 is 1.07 bits per heavy atom. The van der Waals surface area contributed by atoms with Crippen molar-refractivity contribution in [1.82, 2.24) is 28.7 Å². The highest BCUT2D eigenvalue weighted by Crippen LogP contribution is 2.47. The summed E-state index contributed by atoms with van der Waals surface area (Å²) in [5.74, 6) is 1.56. The van der Waals surface area contributed by atoms with Gasteiger partial charge in [0.1, 0.15) is 0 Å². The molecule has 0 spiro atoms. The number of nitrogens with zero attached hydrogens (tertiary/aromatic N) is 6. The van der Waals surface area contributed by atoms with E-state index in [1.54, 1.807) is 19.1 Å². The van der Waals surface area contributed by atoms with Gasteiger partial charge in [-0.2, -0.15) is 13.2 Å². The van der Waals surface area contributed by atoms with Crippen LogP contribution < -0.4 is 0 Å². The van der Waals surface area contributed by atoms with E-state index in [1.807, 2.05) is 91.0 Å². The molecule has 16 rings (SSSR count). The number of aromatic nitrogens is 6. The van der Waals surface area contributed by atoms with Gasteiger partial charge in [0.15, 0.2) is 17.5 Å². The van der Waals surface area contributed by atoms with Crippen LogP contribution in [-0.4, -0.2) is 28.7 Å². The zero-order valence-electron chi connectivity index (χ0n) is 46.4. The van der Waals surface area contributed by atoms with Crippen LogP contribution in [0.15, 0.2) is 279 Å². The fourth-order valence-corrected chi connectivity index (χ4v) is 12.9. The van der Waals surface area contributed by atoms with Crippen molar-refractivity contribution in [2.24, 2.45) is 0 Å². The zero-order chi connectivity index (χ0) is 57.6. The zero-order valence-corrected chi connectivity index (χ0v) is 46.4. The van der Waals surface area contributed by atoms with Gasteiger partial charge in [0.2, 0.25) is 0 Å². The van der Waals surface area contributed by atoms with Crippen LogP contribution in [0.1, 0.15) is 11.1 Å². The maximum Gasteiger partial charge on any atom is 0.417 e. The minimum atomic E-state index is -4.56. The fourth-order valence-electron chi connectivity index (χ4n) is 12.9. The molecule has 12 aromatic carbocycles. The number of halogens is 3. The average molecular weight is 1120 g/mol. The molecule has 0 saturated carbocycles. The minimum absolute atomic E-state index is 0.126. The first-order chi connectivity index (χ1) is 42.2. The second kappa shape index (κ2) is 20.0. The van der Waals surface area contributed by atoms with Crippen molar-refractivity contribution in [1.29, 1.82) is 0 Å². The molecule has 0 unspecified atom stereocenters. The summed E-state index contributed by atoms with van der Waals surface area (Å²) >= 11 is 0. The Morgan fingerprint density at radius 2 is 0.640 bits per heavy atom. The summed E-state index contributed by atoms with van der Waals surface area (Å²) in [4.78, 5) is 15.8. The van der Waals surface area contributed by atoms with Gasteiger partial charge in [-0.3, -0.25) is 0 Å². The van der Waals surface area contributed by atoms with Crippen LogP contribution in [0.5, 0.6) is 0 Å². The minimum Gasteiger partial charge on any atom is -0.309 e. The Bertz CT molecular complexity index is 4990. The summed E-state index contributed by atoms with van der Waals surface area (Å²) in [5, 5.41) is 6.39. The van der Waals surface area contributed by atoms with Crippen LogP contribution in [0.4, 0.5) is 13.2 Å². The Balaban J connectivity index is 0.995. The molecule has 0 aliphatic carbocycles. The third-order valence-corrected chi connectivity index (χ3v) is 16.8. The van der Waals surface area contributed by atoms with Crippen LogP contribution in [-0.2, 0) is 6.18 Å². The molecule has 4 heterocycles. The second-order valence-corrected chi connectivity index (χ2v) is 21.9. The first-order valence-corrected chi connectivity index (χ1v) is 28.7. The summed E-state index contributed by atoms with van der Waals surface area (Å²) in [6, 6.07) is 94.4. The Labute approximate surface area is 492 Å². The first kappa shape index (κ1) is 50.6. The van der Waals surface area contributed by atoms with Crippen molar-refractivity contribution in [3.05, 3.63) is 290 Å². The molecule has 0 saturated heterocycles. The number of hydrogen-bond donors (Lipinski definition) is 0. The van der Waals surface area contributed by atoms with Crippen LogP contribution >= 0.6 is 0 Å². The number of para-hydroxylation sites is 5. The lowest BCUT2D eigenvalue weighted by Crippen LogP contribution is -2.07. The van der Waals surface area contributed by atoms with Gasteiger partial charge < -0.3 is 13.7 Å². The predicted molar refractivity (Wildman–Crippen MR) is 345 cm³/mol. The molecule has 0 N–H and O–H groups in total. The van der Waals surface area contributed by atoms with Crippen LogP contribution in [0.3, 0.4) is 0 Å². The van der Waals surface area contributed by atoms with E-state index in [1.165, 1.54) is 27.6 Å². The monoisotopic (exact) mass is 1110 g/mol. The second-order valence-electron chi connectivity index (χ2n) is 21.9. The van der Waals surface area contributed by atoms with Crippen molar-refractivity contribution < 1.29 is 13.2 Å². The number of fused-ring (bicyclic) bond motifs is 9. The summed E-state index contributed by atoms with van der Waals surface area (Å²) in [5.41, 5.74) is 15.5. The Hall–Kier alpha value is -11.2. The number of aryl methyl sites for hydroxylation is 1. The van der Waals surface area contributed by atoms with E-state index >= 15 is 0 Å². The lowest BCUT2D eigenvalue weighted by molar-refractivity contribution is -0.137. The highest BCUT2D eigenvalue weighted by Gasteiger charge is 2.34. The van der Waals surface area contributed by atoms with E-state index in [4.69, 9.17) is 15.0 Å². The molecule has 16 aromatic rings. The van der Waals surface area contributed by atoms with Gasteiger partial charge in [0.25, 0.3) is 0 Å². The molecule has 0 atom stereocenters. The topological polar surface area (TPSA) is 53.5 Å². The molecule has 6 nitrogen and oxygen atoms in total. The largest absolute Gasteiger partial charge is 0.417 e. The number of benzene rings is 12. The SMILES string of the molecule is Cc1ccc(-c2ccc3c(c2)c2ccccc2n3-c2c(-c3ccc(-n4c5ccccc5c5ccccc54)cc3)cc(-c3nc(-c4ccccc4)nc(-c4ccccc4)n3)cc2-c2ccc(-n3c4ccccc4c4ccccc43)cc2)c(C(F)(F)F)c1. The van der Waals surface area contributed by atoms with Gasteiger partial charge in [-0.25, -0.2) is 15.0 Å². The lowest BCUT2D eigenvalue weighted by atomic mass is 9.92. The van der Waals surface area contributed by atoms with E-state index < -0.39 is 11.7 Å². The van der Waals surface area contributed by atoms with Gasteiger partial charge in [0.05, 0.1) is 44.4 Å². The lowest BCUT2D eigenvalue weighted by Gasteiger charge is -2.22. The summed E-state index contributed by atoms with van der Waals surface area (Å²) in [6.45, 7) is 1.69. The molecule has 9 heteroatoms. The summed E-state index contributed by atoms with van der Waals surface area (Å²) in [6.07, 6.45) is -4.56. The average Bonchev–Trinajstić information content (AvgIpc) is 1.81. The summed E-state index contributed by atoms with van der Waals surface area (Å²) < 4.78 is 51.8. The molecule has 0 radical (unpaired) electrons. The molecular weight excluding hydrogens is 1070 g/mol. The standard InChI is InChI=1S/C77H49F3N6/c1-48-32-42-57(66(44-48)77(78,79)80)53-37-43-72-65(45-53)62-26-12-17-31-71(62)86(72)73-63(49-33-38-55(39-34-49)84-67-27-13-8-22-58(67)59-23-9-14-28-68(59)84)46-54(76-82-74(51-18-4-2-5-19-51)81-75(83-76)52-20-6-3-7-21-52)47-64(73)50-35-40-56(41-36-50)85-69-29-15-10-24-60(69)61-25-11-16-30-70(61)85/h2-47H,1H3. The molecule has 0 aliphatic rings. The van der Waals surface area contributed by atoms with Crippen molar-refractivity contribution in [3.63, 3.8) is 0 Å². The van der Waals surface area contributed by atoms with Gasteiger partial charge >= 0.3 is 6.18 Å². The first-order valence-electron chi connectivity index (χ1n) is 28.7. The van der Waals surface area contributed by atoms with Crippen molar-refractivity contribution in [3.8, 4) is 84.6 Å². The number of hydrogen-bond acceptors (Lipinski definition) is 3. The summed E-state index contributed by atoms with van der Waals surface area (Å²) in [7, 11) is 0. The molecular formula is C77H49F3N6. The van der Waals surface area contributed by atoms with E-state index in [0.717, 1.165) is 99.9 Å². The maximum atomic E-state index is 15.0. The van der Waals surface area contributed by atoms with Crippen LogP contribution in [0, 0.1) is 6.92 Å². The fraction of sp³-hybridized carbons (Fsp3) is 0.0260. The maximum absolute atomic E-state index is 15.0. The van der Waals surface area contributed by atoms with Gasteiger partial charge in [-0.1, -0.05) is 200 Å². The van der Waals surface area contributed by atoms with Crippen LogP contribution in [0.25, 0.3) is 150 Å². The van der Waals surface area contributed by atoms with Gasteiger partial charge in [-0.05, 0) is 114 Å². The third-order valence-electron chi connectivity index (χ3n) is 16.8. The quantitative estimate of drug-likeness (QED) is 0.145. The number of alkyl halides is 3. The number of rotatable bonds is 9. The van der Waals surface area contributed by atoms with E-state index in [-0.39, 0.29) is 5.56 Å². The van der Waals surface area contributed by atoms with E-state index in [2.05, 4.69) is 184 Å². The third kappa shape index (κ3) is 8.38. The molecule has 4 aromatic heterocycles. The van der Waals surface area contributed by atoms with Gasteiger partial charge in [-0.15, -0.1) is 0 Å². The highest BCUT2D eigenvalue weighted by molar-refractivity contribution is 6.13. The van der Waals surface area contributed by atoms with Crippen molar-refractivity contribution >= 4 is 65.4 Å². The Kier molecular flexibility index (Phi) is 11.8. The van der Waals surface area contributed by atoms with E-state index in [9.17, 15) is 13.2 Å². The highest BCUT2D eigenvalue weighted by atomic mass is 19.4. The van der Waals surface area contributed by atoms with Crippen molar-refractivity contribution in [2.45, 2.75) is 13.1 Å². The molecule has 408 valence electrons. The van der Waals surface area contributed by atoms with Gasteiger partial charge in [0, 0.05) is 71.5 Å². The predicted octanol–water partition coefficient (Wildman–Crippen LogP) is 20.5. The molecule has 0 amide bonds. The smallest absolute Gasteiger partial charge is 0.309 e. The van der Waals surface area contributed by atoms with Crippen molar-refractivity contribution in [2.75, 3.05) is 0 Å². The molecule has 0 bridgehead atoms. The Morgan fingerprint density at radius 1 is 0.279 bits per heavy atom.